The molecule has 374 valence electrons. The van der Waals surface area contributed by atoms with Crippen molar-refractivity contribution in [3.63, 3.8) is 0 Å². The monoisotopic (exact) mass is 1000 g/mol. The zero-order valence-electron chi connectivity index (χ0n) is 39.4. The number of fused-ring (bicyclic) bond motifs is 2. The van der Waals surface area contributed by atoms with Crippen LogP contribution in [-0.4, -0.2) is 133 Å². The van der Waals surface area contributed by atoms with Gasteiger partial charge in [-0.05, 0) is 72.8 Å². The molecule has 0 N–H and O–H groups in total. The molecule has 4 heterocycles. The number of amides is 4. The Morgan fingerprint density at radius 3 is 0.824 bits per heavy atom. The van der Waals surface area contributed by atoms with E-state index in [0.29, 0.717) is 0 Å². The molecule has 2 fully saturated rings. The Kier molecular flexibility index (Phi) is 13.8. The molecular formula is C56H44N2O16. The quantitative estimate of drug-likeness (QED) is 0.0741. The van der Waals surface area contributed by atoms with Gasteiger partial charge in [-0.15, -0.1) is 0 Å². The third-order valence-corrected chi connectivity index (χ3v) is 13.2. The average molecular weight is 1000 g/mol. The van der Waals surface area contributed by atoms with Crippen molar-refractivity contribution in [2.24, 2.45) is 0 Å². The molecule has 4 aliphatic heterocycles. The fraction of sp³-hybridized carbons (Fsp3) is 0.214. The molecule has 0 saturated carbocycles. The van der Waals surface area contributed by atoms with Crippen LogP contribution in [0.4, 0.5) is 0 Å². The minimum absolute atomic E-state index is 0.00647. The van der Waals surface area contributed by atoms with Crippen molar-refractivity contribution in [3.8, 4) is 0 Å². The molecule has 74 heavy (non-hydrogen) atoms. The van der Waals surface area contributed by atoms with Crippen molar-refractivity contribution in [1.29, 1.82) is 0 Å². The highest BCUT2D eigenvalue weighted by molar-refractivity contribution is 6.22. The molecule has 2 unspecified atom stereocenters. The summed E-state index contributed by atoms with van der Waals surface area (Å²) in [6, 6.07) is 38.9. The highest BCUT2D eigenvalue weighted by Crippen LogP contribution is 2.43. The number of rotatable bonds is 13. The van der Waals surface area contributed by atoms with Gasteiger partial charge in [0, 0.05) is 14.2 Å². The number of hydrogen-bond acceptors (Lipinski definition) is 16. The fourth-order valence-electron chi connectivity index (χ4n) is 9.75. The Bertz CT molecular complexity index is 2860. The highest BCUT2D eigenvalue weighted by atomic mass is 16.7. The first-order valence-electron chi connectivity index (χ1n) is 23.3. The first kappa shape index (κ1) is 48.9. The predicted molar refractivity (Wildman–Crippen MR) is 255 cm³/mol. The molecule has 4 amide bonds. The molecule has 0 spiro atoms. The van der Waals surface area contributed by atoms with Crippen molar-refractivity contribution < 1.29 is 76.3 Å². The molecule has 0 radical (unpaired) electrons. The molecule has 18 nitrogen and oxygen atoms in total. The van der Waals surface area contributed by atoms with Gasteiger partial charge < -0.3 is 37.9 Å². The van der Waals surface area contributed by atoms with Crippen LogP contribution in [0.5, 0.6) is 0 Å². The summed E-state index contributed by atoms with van der Waals surface area (Å²) in [5, 5.41) is 0. The van der Waals surface area contributed by atoms with Crippen LogP contribution in [0.3, 0.4) is 0 Å². The smallest absolute Gasteiger partial charge is 0.338 e. The van der Waals surface area contributed by atoms with Gasteiger partial charge in [0.15, 0.2) is 37.0 Å². The van der Waals surface area contributed by atoms with Gasteiger partial charge in [0.25, 0.3) is 23.6 Å². The fourth-order valence-corrected chi connectivity index (χ4v) is 9.75. The summed E-state index contributed by atoms with van der Waals surface area (Å²) >= 11 is 0. The maximum atomic E-state index is 15.0. The van der Waals surface area contributed by atoms with Gasteiger partial charge in [-0.3, -0.25) is 29.0 Å². The Labute approximate surface area is 422 Å². The van der Waals surface area contributed by atoms with Gasteiger partial charge >= 0.3 is 23.9 Å². The number of imide groups is 2. The van der Waals surface area contributed by atoms with Crippen LogP contribution in [-0.2, 0) is 37.9 Å². The molecule has 6 aromatic rings. The van der Waals surface area contributed by atoms with Crippen LogP contribution in [0.15, 0.2) is 170 Å². The third-order valence-electron chi connectivity index (χ3n) is 13.2. The van der Waals surface area contributed by atoms with E-state index in [1.807, 2.05) is 0 Å². The van der Waals surface area contributed by atoms with Crippen LogP contribution in [0.2, 0.25) is 0 Å². The van der Waals surface area contributed by atoms with Gasteiger partial charge in [-0.25, -0.2) is 19.2 Å². The number of esters is 4. The number of ether oxygens (including phenoxy) is 8. The maximum Gasteiger partial charge on any atom is 0.338 e. The molecule has 0 aromatic heterocycles. The van der Waals surface area contributed by atoms with E-state index < -0.39 is 109 Å². The average Bonchev–Trinajstić information content (AvgIpc) is 3.88. The minimum atomic E-state index is -1.93. The number of carbonyl (C=O) groups is 8. The number of carbonyl (C=O) groups excluding carboxylic acids is 8. The summed E-state index contributed by atoms with van der Waals surface area (Å²) in [5.41, 5.74) is -0.120. The zero-order chi connectivity index (χ0) is 51.6. The first-order valence-corrected chi connectivity index (χ1v) is 23.3. The van der Waals surface area contributed by atoms with Gasteiger partial charge in [0.05, 0.1) is 44.5 Å². The summed E-state index contributed by atoms with van der Waals surface area (Å²) in [6.45, 7) is 0. The second kappa shape index (κ2) is 20.8. The molecular weight excluding hydrogens is 957 g/mol. The molecule has 4 aliphatic rings. The van der Waals surface area contributed by atoms with Crippen molar-refractivity contribution >= 4 is 47.5 Å². The Morgan fingerprint density at radius 2 is 0.581 bits per heavy atom. The molecule has 6 aromatic carbocycles. The molecule has 10 atom stereocenters. The van der Waals surface area contributed by atoms with Crippen molar-refractivity contribution in [3.05, 3.63) is 214 Å². The van der Waals surface area contributed by atoms with E-state index in [9.17, 15) is 38.4 Å². The van der Waals surface area contributed by atoms with Crippen molar-refractivity contribution in [2.45, 2.75) is 61.3 Å². The van der Waals surface area contributed by atoms with E-state index in [1.165, 1.54) is 111 Å². The van der Waals surface area contributed by atoms with E-state index in [2.05, 4.69) is 0 Å². The summed E-state index contributed by atoms with van der Waals surface area (Å²) in [5.74, 6) is -7.55. The van der Waals surface area contributed by atoms with E-state index in [0.717, 1.165) is 9.80 Å². The Hall–Kier alpha value is -8.68. The lowest BCUT2D eigenvalue weighted by atomic mass is 9.83. The summed E-state index contributed by atoms with van der Waals surface area (Å²) in [6.07, 6.45) is -14.8. The first-order chi connectivity index (χ1) is 36.0. The van der Waals surface area contributed by atoms with E-state index in [4.69, 9.17) is 37.9 Å². The molecule has 10 rings (SSSR count). The maximum absolute atomic E-state index is 15.0. The van der Waals surface area contributed by atoms with E-state index in [1.54, 1.807) is 72.8 Å². The molecule has 2 saturated heterocycles. The Balaban J connectivity index is 1.19. The minimum Gasteiger partial charge on any atom is -0.452 e. The zero-order valence-corrected chi connectivity index (χ0v) is 39.4. The lowest BCUT2D eigenvalue weighted by molar-refractivity contribution is -0.332. The van der Waals surface area contributed by atoms with Gasteiger partial charge in [0.2, 0.25) is 0 Å². The normalized spacial score (nSPS) is 25.2. The second-order valence-corrected chi connectivity index (χ2v) is 17.4. The topological polar surface area (TPSA) is 217 Å². The van der Waals surface area contributed by atoms with Crippen molar-refractivity contribution in [2.75, 3.05) is 14.2 Å². The van der Waals surface area contributed by atoms with Gasteiger partial charge in [-0.2, -0.15) is 0 Å². The number of methoxy groups -OCH3 is 2. The molecule has 0 aliphatic carbocycles. The number of nitrogens with zero attached hydrogens (tertiary/aromatic N) is 2. The Morgan fingerprint density at radius 1 is 0.351 bits per heavy atom. The summed E-state index contributed by atoms with van der Waals surface area (Å²) < 4.78 is 50.5. The van der Waals surface area contributed by atoms with Crippen LogP contribution in [0.1, 0.15) is 82.9 Å². The largest absolute Gasteiger partial charge is 0.452 e. The van der Waals surface area contributed by atoms with Crippen LogP contribution >= 0.6 is 0 Å². The van der Waals surface area contributed by atoms with Gasteiger partial charge in [0.1, 0.15) is 24.3 Å². The van der Waals surface area contributed by atoms with Crippen LogP contribution in [0.25, 0.3) is 0 Å². The molecule has 18 heteroatoms. The summed E-state index contributed by atoms with van der Waals surface area (Å²) in [4.78, 5) is 119. The lowest BCUT2D eigenvalue weighted by Gasteiger charge is -2.54. The van der Waals surface area contributed by atoms with Crippen LogP contribution in [0, 0.1) is 0 Å². The van der Waals surface area contributed by atoms with E-state index >= 15 is 0 Å². The highest BCUT2D eigenvalue weighted by Gasteiger charge is 2.65. The lowest BCUT2D eigenvalue weighted by Crippen LogP contribution is -2.75. The second-order valence-electron chi connectivity index (χ2n) is 17.4. The number of benzene rings is 6. The van der Waals surface area contributed by atoms with E-state index in [-0.39, 0.29) is 44.5 Å². The SMILES string of the molecule is CO[C@@H]1OC(C2O[C@@H](OC)[C@H](OC(=O)c3ccccc3)[C@@H](OC(=O)c3ccccc3)[C@@H]2N2C(=O)c3ccccc3C2=O)[C@@H](N2C(=O)c3ccccc3C2=O)[C@H](OC(=O)c2ccccc2)[C@H]1OC(=O)c1ccccc1. The predicted octanol–water partition coefficient (Wildman–Crippen LogP) is 5.96. The standard InChI is InChI=1S/C56H44N2O16/c1-67-55-45(71-53(65)33-23-11-5-12-24-33)43(69-51(63)31-19-7-3-8-20-31)39(57-47(59)35-27-15-16-28-36(35)48(57)60)41(73-55)42-40(58-49(61)37-29-17-18-30-38(37)50(58)62)44(70-52(64)32-21-9-4-10-22-32)46(56(68-2)74-42)72-54(66)34-25-13-6-14-26-34/h3-30,39-46,55-56H,1-2H3/t39-,40-,41?,42?,43+,44+,45-,46-,55-,56-/m1/s1. The van der Waals surface area contributed by atoms with Gasteiger partial charge in [-0.1, -0.05) is 97.1 Å². The molecule has 0 bridgehead atoms. The summed E-state index contributed by atoms with van der Waals surface area (Å²) in [7, 11) is 2.38. The van der Waals surface area contributed by atoms with Crippen LogP contribution < -0.4 is 0 Å². The number of hydrogen-bond donors (Lipinski definition) is 0. The van der Waals surface area contributed by atoms with Crippen molar-refractivity contribution in [1.82, 2.24) is 9.80 Å². The third kappa shape index (κ3) is 9.00.